The van der Waals surface area contributed by atoms with Crippen LogP contribution in [-0.4, -0.2) is 67.3 Å². The topological polar surface area (TPSA) is 57.7 Å². The number of carbonyl (C=O) groups is 1. The Hall–Kier alpha value is -1.66. The number of nitrogens with one attached hydrogen (secondary N) is 1. The van der Waals surface area contributed by atoms with Gasteiger partial charge in [-0.15, -0.1) is 0 Å². The van der Waals surface area contributed by atoms with Gasteiger partial charge in [-0.3, -0.25) is 4.98 Å². The lowest BCUT2D eigenvalue weighted by Gasteiger charge is -2.35. The number of amides is 2. The molecule has 0 unspecified atom stereocenters. The summed E-state index contributed by atoms with van der Waals surface area (Å²) >= 11 is 0. The van der Waals surface area contributed by atoms with E-state index in [1.165, 1.54) is 0 Å². The van der Waals surface area contributed by atoms with Crippen molar-refractivity contribution in [2.45, 2.75) is 38.8 Å². The summed E-state index contributed by atoms with van der Waals surface area (Å²) in [6.07, 6.45) is 4.03. The van der Waals surface area contributed by atoms with Crippen molar-refractivity contribution in [3.8, 4) is 0 Å². The van der Waals surface area contributed by atoms with Crippen molar-refractivity contribution < 1.29 is 9.53 Å². The number of methoxy groups -OCH3 is 1. The highest BCUT2D eigenvalue weighted by atomic mass is 16.5. The predicted molar refractivity (Wildman–Crippen MR) is 99.4 cm³/mol. The Bertz CT molecular complexity index is 515. The van der Waals surface area contributed by atoms with Crippen LogP contribution in [0.2, 0.25) is 0 Å². The van der Waals surface area contributed by atoms with E-state index in [1.54, 1.807) is 25.3 Å². The van der Waals surface area contributed by atoms with Crippen LogP contribution >= 0.6 is 0 Å². The number of likely N-dealkylation sites (N-methyl/N-ethyl adjacent to an activating group) is 1. The average molecular weight is 348 g/mol. The summed E-state index contributed by atoms with van der Waals surface area (Å²) in [6.45, 7) is 7.88. The Morgan fingerprint density at radius 1 is 1.40 bits per heavy atom. The Labute approximate surface area is 151 Å². The summed E-state index contributed by atoms with van der Waals surface area (Å²) in [7, 11) is 3.44. The van der Waals surface area contributed by atoms with Crippen LogP contribution in [-0.2, 0) is 4.74 Å². The number of aromatic nitrogens is 1. The highest BCUT2D eigenvalue weighted by Crippen LogP contribution is 2.20. The summed E-state index contributed by atoms with van der Waals surface area (Å²) in [5.74, 6) is 0.558. The van der Waals surface area contributed by atoms with Crippen molar-refractivity contribution >= 4 is 6.03 Å². The average Bonchev–Trinajstić information content (AvgIpc) is 2.64. The van der Waals surface area contributed by atoms with Crippen molar-refractivity contribution in [3.63, 3.8) is 0 Å². The first-order valence-corrected chi connectivity index (χ1v) is 9.17. The second kappa shape index (κ2) is 9.73. The van der Waals surface area contributed by atoms with Gasteiger partial charge in [-0.25, -0.2) is 4.79 Å². The Balaban J connectivity index is 1.84. The van der Waals surface area contributed by atoms with Gasteiger partial charge >= 0.3 is 6.03 Å². The van der Waals surface area contributed by atoms with E-state index in [1.807, 2.05) is 18.2 Å². The number of hydrogen-bond acceptors (Lipinski definition) is 4. The third-order valence-electron chi connectivity index (χ3n) is 5.06. The van der Waals surface area contributed by atoms with Crippen LogP contribution in [0.15, 0.2) is 24.4 Å². The third kappa shape index (κ3) is 5.68. The lowest BCUT2D eigenvalue weighted by Crippen LogP contribution is -2.45. The molecule has 0 spiro atoms. The van der Waals surface area contributed by atoms with Gasteiger partial charge in [0.15, 0.2) is 0 Å². The number of likely N-dealkylation sites (tertiary alicyclic amines) is 1. The van der Waals surface area contributed by atoms with Gasteiger partial charge in [0.2, 0.25) is 0 Å². The van der Waals surface area contributed by atoms with Gasteiger partial charge in [0.05, 0.1) is 18.3 Å². The summed E-state index contributed by atoms with van der Waals surface area (Å²) in [6, 6.07) is 6.08. The molecule has 0 radical (unpaired) electrons. The molecule has 1 atom stereocenters. The van der Waals surface area contributed by atoms with E-state index in [4.69, 9.17) is 4.74 Å². The zero-order chi connectivity index (χ0) is 18.2. The number of urea groups is 1. The smallest absolute Gasteiger partial charge is 0.317 e. The quantitative estimate of drug-likeness (QED) is 0.823. The SMILES string of the molecule is COC[C@@H](c1ccccn1)N(C)C(=O)NCC1CCN(C(C)C)CC1. The molecule has 6 nitrogen and oxygen atoms in total. The van der Waals surface area contributed by atoms with Gasteiger partial charge in [0.25, 0.3) is 0 Å². The lowest BCUT2D eigenvalue weighted by molar-refractivity contribution is 0.111. The Morgan fingerprint density at radius 2 is 2.12 bits per heavy atom. The molecule has 25 heavy (non-hydrogen) atoms. The third-order valence-corrected chi connectivity index (χ3v) is 5.06. The van der Waals surface area contributed by atoms with E-state index in [2.05, 4.69) is 29.0 Å². The van der Waals surface area contributed by atoms with Crippen LogP contribution in [0.25, 0.3) is 0 Å². The van der Waals surface area contributed by atoms with Crippen molar-refractivity contribution in [3.05, 3.63) is 30.1 Å². The van der Waals surface area contributed by atoms with E-state index in [0.29, 0.717) is 18.6 Å². The zero-order valence-corrected chi connectivity index (χ0v) is 15.9. The Kier molecular flexibility index (Phi) is 7.65. The highest BCUT2D eigenvalue weighted by molar-refractivity contribution is 5.74. The number of hydrogen-bond donors (Lipinski definition) is 1. The molecule has 1 aromatic heterocycles. The molecule has 2 amide bonds. The van der Waals surface area contributed by atoms with Gasteiger partial charge in [-0.05, 0) is 57.8 Å². The molecule has 1 aliphatic rings. The minimum atomic E-state index is -0.186. The molecule has 0 saturated carbocycles. The van der Waals surface area contributed by atoms with Crippen LogP contribution in [0.3, 0.4) is 0 Å². The monoisotopic (exact) mass is 348 g/mol. The van der Waals surface area contributed by atoms with Gasteiger partial charge in [0.1, 0.15) is 0 Å². The molecule has 1 N–H and O–H groups in total. The molecule has 2 heterocycles. The van der Waals surface area contributed by atoms with E-state index in [-0.39, 0.29) is 12.1 Å². The van der Waals surface area contributed by atoms with Crippen LogP contribution in [0, 0.1) is 5.92 Å². The first-order valence-electron chi connectivity index (χ1n) is 9.17. The molecule has 1 aliphatic heterocycles. The van der Waals surface area contributed by atoms with Crippen molar-refractivity contribution in [1.29, 1.82) is 0 Å². The van der Waals surface area contributed by atoms with Crippen molar-refractivity contribution in [1.82, 2.24) is 20.1 Å². The molecular formula is C19H32N4O2. The fourth-order valence-corrected chi connectivity index (χ4v) is 3.30. The maximum atomic E-state index is 12.6. The van der Waals surface area contributed by atoms with E-state index < -0.39 is 0 Å². The number of nitrogens with zero attached hydrogens (tertiary/aromatic N) is 3. The van der Waals surface area contributed by atoms with Crippen LogP contribution < -0.4 is 5.32 Å². The number of ether oxygens (including phenoxy) is 1. The number of pyridine rings is 1. The summed E-state index contributed by atoms with van der Waals surface area (Å²) in [4.78, 5) is 21.1. The summed E-state index contributed by atoms with van der Waals surface area (Å²) in [5.41, 5.74) is 0.840. The van der Waals surface area contributed by atoms with Gasteiger partial charge in [-0.2, -0.15) is 0 Å². The van der Waals surface area contributed by atoms with Crippen molar-refractivity contribution in [2.24, 2.45) is 5.92 Å². The number of rotatable bonds is 7. The molecule has 6 heteroatoms. The van der Waals surface area contributed by atoms with E-state index in [9.17, 15) is 4.79 Å². The molecule has 0 aromatic carbocycles. The fraction of sp³-hybridized carbons (Fsp3) is 0.684. The second-order valence-electron chi connectivity index (χ2n) is 7.10. The van der Waals surface area contributed by atoms with Gasteiger partial charge in [0, 0.05) is 32.9 Å². The van der Waals surface area contributed by atoms with Crippen LogP contribution in [0.5, 0.6) is 0 Å². The standard InChI is InChI=1S/C19H32N4O2/c1-15(2)23-11-8-16(9-12-23)13-21-19(24)22(3)18(14-25-4)17-7-5-6-10-20-17/h5-7,10,15-16,18H,8-9,11-14H2,1-4H3,(H,21,24)/t18-/m0/s1. The Morgan fingerprint density at radius 3 is 2.68 bits per heavy atom. The second-order valence-corrected chi connectivity index (χ2v) is 7.10. The number of carbonyl (C=O) groups excluding carboxylic acids is 1. The molecule has 1 saturated heterocycles. The summed E-state index contributed by atoms with van der Waals surface area (Å²) < 4.78 is 5.29. The molecule has 0 aliphatic carbocycles. The molecule has 0 bridgehead atoms. The van der Waals surface area contributed by atoms with Gasteiger partial charge in [-0.1, -0.05) is 6.07 Å². The van der Waals surface area contributed by atoms with E-state index >= 15 is 0 Å². The zero-order valence-electron chi connectivity index (χ0n) is 15.9. The first-order chi connectivity index (χ1) is 12.0. The minimum Gasteiger partial charge on any atom is -0.382 e. The van der Waals surface area contributed by atoms with Gasteiger partial charge < -0.3 is 19.9 Å². The largest absolute Gasteiger partial charge is 0.382 e. The van der Waals surface area contributed by atoms with E-state index in [0.717, 1.165) is 38.2 Å². The van der Waals surface area contributed by atoms with Crippen LogP contribution in [0.1, 0.15) is 38.4 Å². The maximum absolute atomic E-state index is 12.6. The lowest BCUT2D eigenvalue weighted by atomic mass is 9.96. The normalized spacial score (nSPS) is 17.5. The fourth-order valence-electron chi connectivity index (χ4n) is 3.30. The molecule has 1 aromatic rings. The summed E-state index contributed by atoms with van der Waals surface area (Å²) in [5, 5.41) is 3.09. The molecule has 1 fully saturated rings. The number of piperidine rings is 1. The highest BCUT2D eigenvalue weighted by Gasteiger charge is 2.25. The predicted octanol–water partition coefficient (Wildman–Crippen LogP) is 2.53. The first kappa shape index (κ1) is 19.7. The minimum absolute atomic E-state index is 0.0704. The molecule has 2 rings (SSSR count). The van der Waals surface area contributed by atoms with Crippen LogP contribution in [0.4, 0.5) is 4.79 Å². The molecular weight excluding hydrogens is 316 g/mol. The molecule has 140 valence electrons. The van der Waals surface area contributed by atoms with Crippen molar-refractivity contribution in [2.75, 3.05) is 40.4 Å². The maximum Gasteiger partial charge on any atom is 0.317 e.